The Labute approximate surface area is 134 Å². The molecule has 1 heterocycles. The van der Waals surface area contributed by atoms with E-state index in [1.807, 2.05) is 0 Å². The molecule has 1 aliphatic carbocycles. The van der Waals surface area contributed by atoms with Crippen LogP contribution in [-0.2, 0) is 0 Å². The van der Waals surface area contributed by atoms with Crippen LogP contribution < -0.4 is 10.2 Å². The van der Waals surface area contributed by atoms with Gasteiger partial charge in [-0.3, -0.25) is 0 Å². The van der Waals surface area contributed by atoms with Gasteiger partial charge in [-0.1, -0.05) is 28.1 Å². The summed E-state index contributed by atoms with van der Waals surface area (Å²) < 4.78 is 1.14. The molecule has 2 nitrogen and oxygen atoms in total. The molecule has 0 radical (unpaired) electrons. The van der Waals surface area contributed by atoms with Gasteiger partial charge in [0.1, 0.15) is 0 Å². The van der Waals surface area contributed by atoms with Crippen LogP contribution >= 0.6 is 15.9 Å². The number of nitrogens with one attached hydrogen (secondary N) is 1. The number of hydrogen-bond acceptors (Lipinski definition) is 2. The van der Waals surface area contributed by atoms with Gasteiger partial charge in [-0.05, 0) is 60.7 Å². The summed E-state index contributed by atoms with van der Waals surface area (Å²) in [5.41, 5.74) is 1.66. The van der Waals surface area contributed by atoms with Gasteiger partial charge in [-0.15, -0.1) is 0 Å². The zero-order valence-corrected chi connectivity index (χ0v) is 14.0. The molecule has 3 heteroatoms. The molecule has 1 aliphatic heterocycles. The van der Waals surface area contributed by atoms with Crippen molar-refractivity contribution in [1.29, 1.82) is 0 Å². The zero-order valence-electron chi connectivity index (χ0n) is 12.4. The van der Waals surface area contributed by atoms with E-state index < -0.39 is 0 Å². The molecule has 2 aliphatic rings. The van der Waals surface area contributed by atoms with Crippen molar-refractivity contribution in [2.45, 2.75) is 25.3 Å². The molecule has 21 heavy (non-hydrogen) atoms. The van der Waals surface area contributed by atoms with E-state index in [-0.39, 0.29) is 0 Å². The Morgan fingerprint density at radius 1 is 1.14 bits per heavy atom. The van der Waals surface area contributed by atoms with Crippen LogP contribution in [0.25, 0.3) is 10.8 Å². The van der Waals surface area contributed by atoms with Crippen molar-refractivity contribution < 1.29 is 0 Å². The van der Waals surface area contributed by atoms with Crippen LogP contribution in [0, 0.1) is 5.92 Å². The van der Waals surface area contributed by atoms with Crippen LogP contribution in [0.3, 0.4) is 0 Å². The van der Waals surface area contributed by atoms with E-state index in [1.165, 1.54) is 29.3 Å². The lowest BCUT2D eigenvalue weighted by Crippen LogP contribution is -2.60. The highest BCUT2D eigenvalue weighted by atomic mass is 79.9. The molecule has 1 saturated carbocycles. The summed E-state index contributed by atoms with van der Waals surface area (Å²) in [5.74, 6) is 0.872. The molecule has 4 rings (SSSR count). The van der Waals surface area contributed by atoms with Crippen LogP contribution in [-0.4, -0.2) is 25.2 Å². The molecule has 2 aromatic rings. The fraction of sp³-hybridized carbons (Fsp3) is 0.444. The maximum atomic E-state index is 3.75. The van der Waals surface area contributed by atoms with Gasteiger partial charge in [0, 0.05) is 35.3 Å². The first kappa shape index (κ1) is 13.6. The summed E-state index contributed by atoms with van der Waals surface area (Å²) in [4.78, 5) is 2.55. The third-order valence-corrected chi connectivity index (χ3v) is 5.55. The monoisotopic (exact) mass is 344 g/mol. The minimum Gasteiger partial charge on any atom is -0.368 e. The zero-order chi connectivity index (χ0) is 14.4. The van der Waals surface area contributed by atoms with Crippen LogP contribution in [0.1, 0.15) is 19.8 Å². The van der Waals surface area contributed by atoms with Gasteiger partial charge in [0.25, 0.3) is 0 Å². The third kappa shape index (κ3) is 2.58. The molecule has 1 saturated heterocycles. The van der Waals surface area contributed by atoms with E-state index in [0.717, 1.165) is 30.0 Å². The first-order chi connectivity index (χ1) is 10.1. The third-order valence-electron chi connectivity index (χ3n) is 5.06. The van der Waals surface area contributed by atoms with E-state index in [2.05, 4.69) is 69.5 Å². The lowest BCUT2D eigenvalue weighted by atomic mass is 9.92. The molecule has 1 N–H and O–H groups in total. The summed E-state index contributed by atoms with van der Waals surface area (Å²) in [5, 5.41) is 6.37. The van der Waals surface area contributed by atoms with Crippen molar-refractivity contribution in [2.75, 3.05) is 24.5 Å². The Morgan fingerprint density at radius 3 is 2.71 bits per heavy atom. The van der Waals surface area contributed by atoms with Crippen molar-refractivity contribution in [3.8, 4) is 0 Å². The summed E-state index contributed by atoms with van der Waals surface area (Å²) in [7, 11) is 0. The summed E-state index contributed by atoms with van der Waals surface area (Å²) in [6.07, 6.45) is 2.78. The molecule has 0 aromatic heterocycles. The van der Waals surface area contributed by atoms with E-state index in [4.69, 9.17) is 0 Å². The number of rotatable bonds is 2. The van der Waals surface area contributed by atoms with E-state index in [0.29, 0.717) is 5.54 Å². The summed E-state index contributed by atoms with van der Waals surface area (Å²) in [6.45, 7) is 5.71. The van der Waals surface area contributed by atoms with Crippen molar-refractivity contribution in [2.24, 2.45) is 5.92 Å². The molecule has 2 aromatic carbocycles. The van der Waals surface area contributed by atoms with Crippen molar-refractivity contribution >= 4 is 32.4 Å². The highest BCUT2D eigenvalue weighted by molar-refractivity contribution is 9.10. The minimum atomic E-state index is 0.299. The summed E-state index contributed by atoms with van der Waals surface area (Å²) in [6, 6.07) is 13.4. The number of hydrogen-bond donors (Lipinski definition) is 1. The smallest absolute Gasteiger partial charge is 0.0373 e. The van der Waals surface area contributed by atoms with Gasteiger partial charge in [0.05, 0.1) is 0 Å². The molecular weight excluding hydrogens is 324 g/mol. The van der Waals surface area contributed by atoms with Gasteiger partial charge in [0.2, 0.25) is 0 Å². The Balaban J connectivity index is 1.64. The van der Waals surface area contributed by atoms with E-state index in [1.54, 1.807) is 0 Å². The second-order valence-corrected chi connectivity index (χ2v) is 7.63. The Morgan fingerprint density at radius 2 is 1.90 bits per heavy atom. The number of nitrogens with zero attached hydrogens (tertiary/aromatic N) is 1. The van der Waals surface area contributed by atoms with Crippen molar-refractivity contribution in [1.82, 2.24) is 5.32 Å². The van der Waals surface area contributed by atoms with Crippen LogP contribution in [0.4, 0.5) is 5.69 Å². The first-order valence-corrected chi connectivity index (χ1v) is 8.63. The number of anilines is 1. The van der Waals surface area contributed by atoms with Gasteiger partial charge in [-0.25, -0.2) is 0 Å². The van der Waals surface area contributed by atoms with E-state index >= 15 is 0 Å². The number of benzene rings is 2. The van der Waals surface area contributed by atoms with Crippen LogP contribution in [0.15, 0.2) is 40.9 Å². The fourth-order valence-corrected chi connectivity index (χ4v) is 4.00. The standard InChI is InChI=1S/C18H21BrN2/c1-18(15-4-5-15)12-21(9-8-20-18)17-7-3-13-10-16(19)6-2-14(13)11-17/h2-3,6-7,10-11,15,20H,4-5,8-9,12H2,1H3. The minimum absolute atomic E-state index is 0.299. The molecule has 110 valence electrons. The van der Waals surface area contributed by atoms with Gasteiger partial charge >= 0.3 is 0 Å². The van der Waals surface area contributed by atoms with Crippen LogP contribution in [0.5, 0.6) is 0 Å². The largest absolute Gasteiger partial charge is 0.368 e. The lowest BCUT2D eigenvalue weighted by Gasteiger charge is -2.43. The van der Waals surface area contributed by atoms with E-state index in [9.17, 15) is 0 Å². The Hall–Kier alpha value is -1.06. The molecular formula is C18H21BrN2. The molecule has 2 fully saturated rings. The quantitative estimate of drug-likeness (QED) is 0.878. The topological polar surface area (TPSA) is 15.3 Å². The van der Waals surface area contributed by atoms with Gasteiger partial charge in [-0.2, -0.15) is 0 Å². The average Bonchev–Trinajstić information content (AvgIpc) is 3.32. The maximum absolute atomic E-state index is 3.75. The second-order valence-electron chi connectivity index (χ2n) is 6.72. The SMILES string of the molecule is CC1(C2CC2)CN(c2ccc3cc(Br)ccc3c2)CCN1. The highest BCUT2D eigenvalue weighted by Gasteiger charge is 2.43. The van der Waals surface area contributed by atoms with Gasteiger partial charge < -0.3 is 10.2 Å². The average molecular weight is 345 g/mol. The first-order valence-electron chi connectivity index (χ1n) is 7.83. The Kier molecular flexibility index (Phi) is 3.23. The predicted octanol–water partition coefficient (Wildman–Crippen LogP) is 4.18. The van der Waals surface area contributed by atoms with Crippen molar-refractivity contribution in [3.63, 3.8) is 0 Å². The normalized spacial score (nSPS) is 26.3. The predicted molar refractivity (Wildman–Crippen MR) is 93.0 cm³/mol. The molecule has 0 spiro atoms. The van der Waals surface area contributed by atoms with Crippen molar-refractivity contribution in [3.05, 3.63) is 40.9 Å². The molecule has 0 amide bonds. The number of piperazine rings is 1. The highest BCUT2D eigenvalue weighted by Crippen LogP contribution is 2.41. The second kappa shape index (κ2) is 4.99. The maximum Gasteiger partial charge on any atom is 0.0373 e. The lowest BCUT2D eigenvalue weighted by molar-refractivity contribution is 0.285. The fourth-order valence-electron chi connectivity index (χ4n) is 3.62. The molecule has 1 atom stereocenters. The Bertz CT molecular complexity index is 680. The summed E-state index contributed by atoms with van der Waals surface area (Å²) >= 11 is 3.55. The van der Waals surface area contributed by atoms with Crippen LogP contribution in [0.2, 0.25) is 0 Å². The molecule has 1 unspecified atom stereocenters. The molecule has 0 bridgehead atoms. The number of halogens is 1. The number of fused-ring (bicyclic) bond motifs is 1. The van der Waals surface area contributed by atoms with Gasteiger partial charge in [0.15, 0.2) is 0 Å².